The largest absolute Gasteiger partial charge is 0.377 e. The molecular formula is C11H20IN3O. The highest BCUT2D eigenvalue weighted by Crippen LogP contribution is 2.18. The zero-order chi connectivity index (χ0) is 10.5. The highest BCUT2D eigenvalue weighted by molar-refractivity contribution is 14.0. The molecule has 92 valence electrons. The van der Waals surface area contributed by atoms with Crippen LogP contribution < -0.4 is 10.6 Å². The Morgan fingerprint density at radius 3 is 2.94 bits per heavy atom. The van der Waals surface area contributed by atoms with Crippen LogP contribution in [0.3, 0.4) is 0 Å². The Bertz CT molecular complexity index is 274. The zero-order valence-corrected chi connectivity index (χ0v) is 12.0. The number of nitrogens with zero attached hydrogens (tertiary/aromatic N) is 1. The van der Waals surface area contributed by atoms with Gasteiger partial charge in [-0.1, -0.05) is 6.08 Å². The van der Waals surface area contributed by atoms with E-state index in [1.165, 1.54) is 18.4 Å². The average Bonchev–Trinajstić information content (AvgIpc) is 3.09. The summed E-state index contributed by atoms with van der Waals surface area (Å²) < 4.78 is 5.37. The minimum Gasteiger partial charge on any atom is -0.377 e. The first kappa shape index (κ1) is 13.8. The molecule has 2 rings (SSSR count). The number of hydrogen-bond acceptors (Lipinski definition) is 2. The van der Waals surface area contributed by atoms with Gasteiger partial charge in [-0.2, -0.15) is 0 Å². The molecule has 0 aromatic rings. The number of rotatable bonds is 3. The van der Waals surface area contributed by atoms with Crippen molar-refractivity contribution in [2.45, 2.75) is 25.3 Å². The molecule has 1 aliphatic heterocycles. The molecule has 5 heteroatoms. The van der Waals surface area contributed by atoms with Gasteiger partial charge in [-0.3, -0.25) is 4.99 Å². The highest BCUT2D eigenvalue weighted by Gasteiger charge is 2.22. The lowest BCUT2D eigenvalue weighted by atomic mass is 10.2. The van der Waals surface area contributed by atoms with Gasteiger partial charge >= 0.3 is 0 Å². The quantitative estimate of drug-likeness (QED) is 0.353. The van der Waals surface area contributed by atoms with Crippen LogP contribution in [0.2, 0.25) is 0 Å². The Morgan fingerprint density at radius 2 is 2.38 bits per heavy atom. The van der Waals surface area contributed by atoms with E-state index in [-0.39, 0.29) is 24.0 Å². The lowest BCUT2D eigenvalue weighted by Gasteiger charge is -2.16. The smallest absolute Gasteiger partial charge is 0.191 e. The molecule has 0 unspecified atom stereocenters. The molecule has 1 saturated carbocycles. The van der Waals surface area contributed by atoms with Crippen LogP contribution in [0.15, 0.2) is 16.6 Å². The average molecular weight is 337 g/mol. The van der Waals surface area contributed by atoms with Crippen molar-refractivity contribution >= 4 is 29.9 Å². The van der Waals surface area contributed by atoms with Crippen LogP contribution in [0.25, 0.3) is 0 Å². The third-order valence-corrected chi connectivity index (χ3v) is 2.61. The van der Waals surface area contributed by atoms with Crippen molar-refractivity contribution in [2.75, 3.05) is 26.8 Å². The summed E-state index contributed by atoms with van der Waals surface area (Å²) in [7, 11) is 1.81. The van der Waals surface area contributed by atoms with Crippen molar-refractivity contribution in [3.8, 4) is 0 Å². The molecule has 0 saturated heterocycles. The van der Waals surface area contributed by atoms with Crippen LogP contribution in [0.4, 0.5) is 0 Å². The summed E-state index contributed by atoms with van der Waals surface area (Å²) in [5, 5.41) is 6.65. The first-order valence-corrected chi connectivity index (χ1v) is 5.61. The van der Waals surface area contributed by atoms with E-state index < -0.39 is 0 Å². The van der Waals surface area contributed by atoms with Crippen LogP contribution in [-0.4, -0.2) is 38.8 Å². The number of guanidine groups is 1. The monoisotopic (exact) mass is 337 g/mol. The van der Waals surface area contributed by atoms with Gasteiger partial charge in [-0.25, -0.2) is 0 Å². The van der Waals surface area contributed by atoms with Gasteiger partial charge in [-0.15, -0.1) is 24.0 Å². The molecule has 0 amide bonds. The van der Waals surface area contributed by atoms with Crippen LogP contribution in [0.1, 0.15) is 19.3 Å². The van der Waals surface area contributed by atoms with Gasteiger partial charge < -0.3 is 15.4 Å². The summed E-state index contributed by atoms with van der Waals surface area (Å²) in [6, 6.07) is 0.646. The second kappa shape index (κ2) is 7.11. The summed E-state index contributed by atoms with van der Waals surface area (Å²) in [6.07, 6.45) is 5.82. The molecule has 2 N–H and O–H groups in total. The summed E-state index contributed by atoms with van der Waals surface area (Å²) in [5.41, 5.74) is 1.32. The summed E-state index contributed by atoms with van der Waals surface area (Å²) >= 11 is 0. The fourth-order valence-electron chi connectivity index (χ4n) is 1.54. The number of halogens is 1. The maximum atomic E-state index is 5.37. The molecule has 0 radical (unpaired) electrons. The molecule has 1 fully saturated rings. The Hall–Kier alpha value is -0.300. The van der Waals surface area contributed by atoms with Crippen LogP contribution >= 0.6 is 24.0 Å². The molecule has 2 aliphatic rings. The lowest BCUT2D eigenvalue weighted by molar-refractivity contribution is 0.149. The molecule has 0 atom stereocenters. The van der Waals surface area contributed by atoms with Crippen molar-refractivity contribution in [3.63, 3.8) is 0 Å². The van der Waals surface area contributed by atoms with E-state index in [4.69, 9.17) is 4.74 Å². The Kier molecular flexibility index (Phi) is 6.12. The molecule has 1 aliphatic carbocycles. The second-order valence-corrected chi connectivity index (χ2v) is 4.05. The zero-order valence-electron chi connectivity index (χ0n) is 9.66. The maximum absolute atomic E-state index is 5.37. The SMILES string of the molecule is CN=C(NCC1=CCCOC1)NC1CC1.I. The molecule has 0 spiro atoms. The normalized spacial score (nSPS) is 20.8. The van der Waals surface area contributed by atoms with E-state index in [1.807, 2.05) is 7.05 Å². The van der Waals surface area contributed by atoms with E-state index in [1.54, 1.807) is 0 Å². The highest BCUT2D eigenvalue weighted by atomic mass is 127. The van der Waals surface area contributed by atoms with E-state index in [0.29, 0.717) is 6.04 Å². The summed E-state index contributed by atoms with van der Waals surface area (Å²) in [5.74, 6) is 0.906. The molecule has 1 heterocycles. The number of ether oxygens (including phenoxy) is 1. The Labute approximate surface area is 114 Å². The van der Waals surface area contributed by atoms with E-state index in [2.05, 4.69) is 21.7 Å². The molecule has 0 aromatic carbocycles. The van der Waals surface area contributed by atoms with Gasteiger partial charge in [0.1, 0.15) is 0 Å². The molecule has 4 nitrogen and oxygen atoms in total. The van der Waals surface area contributed by atoms with Crippen molar-refractivity contribution in [1.82, 2.24) is 10.6 Å². The number of hydrogen-bond donors (Lipinski definition) is 2. The first-order chi connectivity index (χ1) is 7.38. The van der Waals surface area contributed by atoms with Crippen molar-refractivity contribution in [2.24, 2.45) is 4.99 Å². The van der Waals surface area contributed by atoms with E-state index in [0.717, 1.165) is 32.1 Å². The Balaban J connectivity index is 0.00000128. The third kappa shape index (κ3) is 4.69. The first-order valence-electron chi connectivity index (χ1n) is 5.61. The third-order valence-electron chi connectivity index (χ3n) is 2.61. The van der Waals surface area contributed by atoms with E-state index in [9.17, 15) is 0 Å². The minimum atomic E-state index is 0. The fraction of sp³-hybridized carbons (Fsp3) is 0.727. The predicted molar refractivity (Wildman–Crippen MR) is 76.5 cm³/mol. The van der Waals surface area contributed by atoms with Crippen LogP contribution in [0.5, 0.6) is 0 Å². The number of nitrogens with one attached hydrogen (secondary N) is 2. The fourth-order valence-corrected chi connectivity index (χ4v) is 1.54. The van der Waals surface area contributed by atoms with Crippen LogP contribution in [-0.2, 0) is 4.74 Å². The van der Waals surface area contributed by atoms with Gasteiger partial charge in [-0.05, 0) is 24.8 Å². The van der Waals surface area contributed by atoms with Gasteiger partial charge in [0, 0.05) is 19.6 Å². The van der Waals surface area contributed by atoms with Crippen molar-refractivity contribution < 1.29 is 4.74 Å². The van der Waals surface area contributed by atoms with Gasteiger partial charge in [0.05, 0.1) is 13.2 Å². The number of aliphatic imine (C=N–C) groups is 1. The van der Waals surface area contributed by atoms with Gasteiger partial charge in [0.25, 0.3) is 0 Å². The summed E-state index contributed by atoms with van der Waals surface area (Å²) in [6.45, 7) is 2.46. The van der Waals surface area contributed by atoms with Gasteiger partial charge in [0.2, 0.25) is 0 Å². The minimum absolute atomic E-state index is 0. The lowest BCUT2D eigenvalue weighted by Crippen LogP contribution is -2.39. The van der Waals surface area contributed by atoms with E-state index >= 15 is 0 Å². The van der Waals surface area contributed by atoms with Crippen molar-refractivity contribution in [3.05, 3.63) is 11.6 Å². The van der Waals surface area contributed by atoms with Crippen LogP contribution in [0, 0.1) is 0 Å². The predicted octanol–water partition coefficient (Wildman–Crippen LogP) is 1.28. The second-order valence-electron chi connectivity index (χ2n) is 4.05. The topological polar surface area (TPSA) is 45.7 Å². The molecule has 0 aromatic heterocycles. The standard InChI is InChI=1S/C11H19N3O.HI/c1-12-11(14-10-4-5-10)13-7-9-3-2-6-15-8-9;/h3,10H,2,4-8H2,1H3,(H2,12,13,14);1H. The molecule has 0 bridgehead atoms. The molecule has 16 heavy (non-hydrogen) atoms. The Morgan fingerprint density at radius 1 is 1.56 bits per heavy atom. The molecular weight excluding hydrogens is 317 g/mol. The van der Waals surface area contributed by atoms with Gasteiger partial charge in [0.15, 0.2) is 5.96 Å². The maximum Gasteiger partial charge on any atom is 0.191 e. The summed E-state index contributed by atoms with van der Waals surface area (Å²) in [4.78, 5) is 4.18. The van der Waals surface area contributed by atoms with Crippen molar-refractivity contribution in [1.29, 1.82) is 0 Å².